The van der Waals surface area contributed by atoms with Crippen molar-refractivity contribution in [2.75, 3.05) is 0 Å². The van der Waals surface area contributed by atoms with E-state index in [4.69, 9.17) is 0 Å². The van der Waals surface area contributed by atoms with E-state index < -0.39 is 17.4 Å². The fraction of sp³-hybridized carbons (Fsp3) is 0.500. The van der Waals surface area contributed by atoms with Gasteiger partial charge >= 0.3 is 5.97 Å². The predicted molar refractivity (Wildman–Crippen MR) is 104 cm³/mol. The van der Waals surface area contributed by atoms with Crippen molar-refractivity contribution in [3.63, 3.8) is 0 Å². The maximum Gasteiger partial charge on any atom is 0.305 e. The van der Waals surface area contributed by atoms with Gasteiger partial charge in [-0.3, -0.25) is 14.4 Å². The Balaban J connectivity index is 2.56. The summed E-state index contributed by atoms with van der Waals surface area (Å²) in [6.45, 7) is 8.02. The maximum absolute atomic E-state index is 13.0. The first-order chi connectivity index (χ1) is 12.7. The summed E-state index contributed by atoms with van der Waals surface area (Å²) < 4.78 is 1.32. The normalized spacial score (nSPS) is 11.7. The number of carbonyl (C=O) groups is 2. The lowest BCUT2D eigenvalue weighted by atomic mass is 9.88. The topological polar surface area (TPSA) is 101 Å². The van der Waals surface area contributed by atoms with Crippen LogP contribution in [0.15, 0.2) is 29.1 Å². The summed E-state index contributed by atoms with van der Waals surface area (Å²) in [5.74, 6) is -1.25. The third-order valence-electron chi connectivity index (χ3n) is 4.84. The highest BCUT2D eigenvalue weighted by Crippen LogP contribution is 2.22. The molecule has 146 valence electrons. The number of amides is 1. The van der Waals surface area contributed by atoms with Gasteiger partial charge in [0, 0.05) is 11.9 Å². The largest absolute Gasteiger partial charge is 0.481 e. The van der Waals surface area contributed by atoms with Crippen LogP contribution in [0.4, 0.5) is 0 Å². The maximum atomic E-state index is 13.0. The van der Waals surface area contributed by atoms with Crippen molar-refractivity contribution in [1.82, 2.24) is 15.1 Å². The summed E-state index contributed by atoms with van der Waals surface area (Å²) in [6, 6.07) is 6.86. The number of hydrogen-bond acceptors (Lipinski definition) is 4. The Morgan fingerprint density at radius 2 is 1.78 bits per heavy atom. The van der Waals surface area contributed by atoms with E-state index >= 15 is 0 Å². The number of rotatable bonds is 8. The van der Waals surface area contributed by atoms with E-state index in [1.807, 2.05) is 27.7 Å². The standard InChI is InChI=1S/C20H27N3O4/c1-5-20(6-2,11-16(24)25)21-18(26)17-14-9-7-8-10-15(14)19(27)23(22-17)12-13(3)4/h7-10,13H,5-6,11-12H2,1-4H3,(H,21,26)(H,24,25). The van der Waals surface area contributed by atoms with Crippen LogP contribution in [0.5, 0.6) is 0 Å². The zero-order valence-electron chi connectivity index (χ0n) is 16.3. The van der Waals surface area contributed by atoms with Crippen LogP contribution in [0.1, 0.15) is 57.4 Å². The molecule has 2 N–H and O–H groups in total. The molecule has 0 bridgehead atoms. The molecule has 1 aromatic carbocycles. The quantitative estimate of drug-likeness (QED) is 0.741. The van der Waals surface area contributed by atoms with E-state index in [9.17, 15) is 19.5 Å². The van der Waals surface area contributed by atoms with Crippen LogP contribution < -0.4 is 10.9 Å². The number of aliphatic carboxylic acids is 1. The summed E-state index contributed by atoms with van der Waals surface area (Å²) in [5.41, 5.74) is -0.953. The summed E-state index contributed by atoms with van der Waals surface area (Å²) in [7, 11) is 0. The number of benzene rings is 1. The average Bonchev–Trinajstić information content (AvgIpc) is 2.62. The summed E-state index contributed by atoms with van der Waals surface area (Å²) in [5, 5.41) is 17.3. The number of carboxylic acid groups (broad SMARTS) is 1. The molecule has 0 saturated heterocycles. The van der Waals surface area contributed by atoms with Crippen LogP contribution in [0.3, 0.4) is 0 Å². The van der Waals surface area contributed by atoms with Crippen LogP contribution >= 0.6 is 0 Å². The van der Waals surface area contributed by atoms with E-state index in [0.29, 0.717) is 30.2 Å². The van der Waals surface area contributed by atoms with E-state index in [0.717, 1.165) is 0 Å². The van der Waals surface area contributed by atoms with Crippen LogP contribution in [0.2, 0.25) is 0 Å². The smallest absolute Gasteiger partial charge is 0.305 e. The van der Waals surface area contributed by atoms with Crippen molar-refractivity contribution in [2.24, 2.45) is 5.92 Å². The Labute approximate surface area is 158 Å². The minimum absolute atomic E-state index is 0.141. The van der Waals surface area contributed by atoms with Gasteiger partial charge in [0.1, 0.15) is 0 Å². The average molecular weight is 373 g/mol. The highest BCUT2D eigenvalue weighted by molar-refractivity contribution is 6.05. The lowest BCUT2D eigenvalue weighted by Gasteiger charge is -2.31. The first-order valence-electron chi connectivity index (χ1n) is 9.27. The Hall–Kier alpha value is -2.70. The van der Waals surface area contributed by atoms with Crippen LogP contribution in [0, 0.1) is 5.92 Å². The van der Waals surface area contributed by atoms with E-state index in [1.165, 1.54) is 4.68 Å². The number of hydrogen-bond donors (Lipinski definition) is 2. The van der Waals surface area contributed by atoms with E-state index in [2.05, 4.69) is 10.4 Å². The highest BCUT2D eigenvalue weighted by Gasteiger charge is 2.32. The Bertz CT molecular complexity index is 898. The van der Waals surface area contributed by atoms with Gasteiger partial charge in [-0.05, 0) is 24.8 Å². The summed E-state index contributed by atoms with van der Waals surface area (Å²) in [4.78, 5) is 37.0. The predicted octanol–water partition coefficient (Wildman–Crippen LogP) is 2.82. The molecule has 1 aromatic heterocycles. The lowest BCUT2D eigenvalue weighted by Crippen LogP contribution is -2.49. The van der Waals surface area contributed by atoms with Crippen molar-refractivity contribution in [2.45, 2.75) is 59.0 Å². The first kappa shape index (κ1) is 20.6. The van der Waals surface area contributed by atoms with Gasteiger partial charge in [0.2, 0.25) is 0 Å². The molecule has 2 aromatic rings. The van der Waals surface area contributed by atoms with Crippen molar-refractivity contribution < 1.29 is 14.7 Å². The van der Waals surface area contributed by atoms with Gasteiger partial charge in [-0.25, -0.2) is 4.68 Å². The van der Waals surface area contributed by atoms with Gasteiger partial charge in [-0.15, -0.1) is 0 Å². The molecular formula is C20H27N3O4. The van der Waals surface area contributed by atoms with E-state index in [-0.39, 0.29) is 23.6 Å². The SMILES string of the molecule is CCC(CC)(CC(=O)O)NC(=O)c1nn(CC(C)C)c(=O)c2ccccc12. The number of aromatic nitrogens is 2. The number of fused-ring (bicyclic) bond motifs is 1. The third kappa shape index (κ3) is 4.53. The molecule has 0 fully saturated rings. The van der Waals surface area contributed by atoms with Crippen molar-refractivity contribution in [3.05, 3.63) is 40.3 Å². The van der Waals surface area contributed by atoms with Gasteiger partial charge in [0.05, 0.1) is 17.3 Å². The van der Waals surface area contributed by atoms with Crippen molar-refractivity contribution >= 4 is 22.6 Å². The monoisotopic (exact) mass is 373 g/mol. The number of nitrogens with zero attached hydrogens (tertiary/aromatic N) is 2. The molecular weight excluding hydrogens is 346 g/mol. The molecule has 7 heteroatoms. The highest BCUT2D eigenvalue weighted by atomic mass is 16.4. The Morgan fingerprint density at radius 1 is 1.19 bits per heavy atom. The molecule has 0 aliphatic carbocycles. The molecule has 0 saturated carbocycles. The molecule has 1 amide bonds. The van der Waals surface area contributed by atoms with Crippen LogP contribution in [-0.4, -0.2) is 32.3 Å². The minimum Gasteiger partial charge on any atom is -0.481 e. The fourth-order valence-corrected chi connectivity index (χ4v) is 3.18. The van der Waals surface area contributed by atoms with Crippen molar-refractivity contribution in [3.8, 4) is 0 Å². The van der Waals surface area contributed by atoms with Gasteiger partial charge in [-0.2, -0.15) is 5.10 Å². The van der Waals surface area contributed by atoms with Crippen molar-refractivity contribution in [1.29, 1.82) is 0 Å². The van der Waals surface area contributed by atoms with Gasteiger partial charge in [0.25, 0.3) is 11.5 Å². The molecule has 7 nitrogen and oxygen atoms in total. The molecule has 2 rings (SSSR count). The molecule has 0 unspecified atom stereocenters. The fourth-order valence-electron chi connectivity index (χ4n) is 3.18. The number of carbonyl (C=O) groups excluding carboxylic acids is 1. The Morgan fingerprint density at radius 3 is 2.30 bits per heavy atom. The molecule has 0 aliphatic heterocycles. The van der Waals surface area contributed by atoms with Crippen LogP contribution in [0.25, 0.3) is 10.8 Å². The van der Waals surface area contributed by atoms with Gasteiger partial charge in [-0.1, -0.05) is 45.9 Å². The third-order valence-corrected chi connectivity index (χ3v) is 4.84. The molecule has 0 atom stereocenters. The lowest BCUT2D eigenvalue weighted by molar-refractivity contribution is -0.138. The number of nitrogens with one attached hydrogen (secondary N) is 1. The number of carboxylic acids is 1. The second-order valence-electron chi connectivity index (χ2n) is 7.29. The van der Waals surface area contributed by atoms with Gasteiger partial charge < -0.3 is 10.4 Å². The van der Waals surface area contributed by atoms with Crippen LogP contribution in [-0.2, 0) is 11.3 Å². The molecule has 27 heavy (non-hydrogen) atoms. The Kier molecular flexibility index (Phi) is 6.36. The molecule has 0 radical (unpaired) electrons. The zero-order valence-corrected chi connectivity index (χ0v) is 16.3. The summed E-state index contributed by atoms with van der Waals surface area (Å²) in [6.07, 6.45) is 0.783. The molecule has 0 aliphatic rings. The summed E-state index contributed by atoms with van der Waals surface area (Å²) >= 11 is 0. The minimum atomic E-state index is -0.971. The van der Waals surface area contributed by atoms with E-state index in [1.54, 1.807) is 24.3 Å². The molecule has 0 spiro atoms. The second-order valence-corrected chi connectivity index (χ2v) is 7.29. The second kappa shape index (κ2) is 8.33. The van der Waals surface area contributed by atoms with Gasteiger partial charge in [0.15, 0.2) is 5.69 Å². The first-order valence-corrected chi connectivity index (χ1v) is 9.27. The zero-order chi connectivity index (χ0) is 20.2. The molecule has 1 heterocycles.